The third kappa shape index (κ3) is 6.74. The summed E-state index contributed by atoms with van der Waals surface area (Å²) in [5, 5.41) is 6.20. The number of thioether (sulfide) groups is 1. The van der Waals surface area contributed by atoms with Crippen molar-refractivity contribution < 1.29 is 14.4 Å². The van der Waals surface area contributed by atoms with Crippen molar-refractivity contribution in [1.82, 2.24) is 10.2 Å². The average Bonchev–Trinajstić information content (AvgIpc) is 2.79. The third-order valence-electron chi connectivity index (χ3n) is 5.28. The summed E-state index contributed by atoms with van der Waals surface area (Å²) < 4.78 is 0. The predicted molar refractivity (Wildman–Crippen MR) is 130 cm³/mol. The maximum Gasteiger partial charge on any atom is 0.251 e. The quantitative estimate of drug-likeness (QED) is 0.640. The topological polar surface area (TPSA) is 78.5 Å². The number of carbonyl (C=O) groups excluding carboxylic acids is 3. The maximum atomic E-state index is 12.8. The second kappa shape index (κ2) is 11.4. The second-order valence-electron chi connectivity index (χ2n) is 8.06. The van der Waals surface area contributed by atoms with Gasteiger partial charge in [0, 0.05) is 40.9 Å². The number of hydrogen-bond donors (Lipinski definition) is 2. The third-order valence-corrected chi connectivity index (χ3v) is 6.48. The van der Waals surface area contributed by atoms with Crippen LogP contribution in [0.3, 0.4) is 0 Å². The van der Waals surface area contributed by atoms with E-state index in [2.05, 4.69) is 10.6 Å². The summed E-state index contributed by atoms with van der Waals surface area (Å²) in [6.45, 7) is 5.35. The minimum absolute atomic E-state index is 0.106. The molecule has 170 valence electrons. The van der Waals surface area contributed by atoms with Gasteiger partial charge in [-0.25, -0.2) is 0 Å². The van der Waals surface area contributed by atoms with Crippen LogP contribution in [0, 0.1) is 5.92 Å². The lowest BCUT2D eigenvalue weighted by molar-refractivity contribution is -0.130. The van der Waals surface area contributed by atoms with Gasteiger partial charge >= 0.3 is 0 Å². The van der Waals surface area contributed by atoms with Gasteiger partial charge in [-0.2, -0.15) is 11.8 Å². The summed E-state index contributed by atoms with van der Waals surface area (Å²) >= 11 is 7.75. The summed E-state index contributed by atoms with van der Waals surface area (Å²) in [5.41, 5.74) is 1.96. The smallest absolute Gasteiger partial charge is 0.251 e. The van der Waals surface area contributed by atoms with Gasteiger partial charge < -0.3 is 15.5 Å². The van der Waals surface area contributed by atoms with E-state index in [0.29, 0.717) is 22.7 Å². The Balaban J connectivity index is 1.58. The molecule has 0 bridgehead atoms. The molecule has 0 saturated carbocycles. The van der Waals surface area contributed by atoms with Crippen molar-refractivity contribution in [2.24, 2.45) is 5.92 Å². The molecule has 6 nitrogen and oxygen atoms in total. The van der Waals surface area contributed by atoms with Crippen LogP contribution in [-0.2, 0) is 16.0 Å². The Morgan fingerprint density at radius 1 is 1.00 bits per heavy atom. The average molecular weight is 474 g/mol. The van der Waals surface area contributed by atoms with E-state index in [-0.39, 0.29) is 23.6 Å². The molecule has 2 aromatic rings. The van der Waals surface area contributed by atoms with Gasteiger partial charge in [0.2, 0.25) is 11.8 Å². The fraction of sp³-hybridized carbons (Fsp3) is 0.375. The molecule has 32 heavy (non-hydrogen) atoms. The van der Waals surface area contributed by atoms with E-state index < -0.39 is 6.04 Å². The summed E-state index contributed by atoms with van der Waals surface area (Å²) in [4.78, 5) is 39.7. The van der Waals surface area contributed by atoms with Crippen molar-refractivity contribution in [1.29, 1.82) is 0 Å². The van der Waals surface area contributed by atoms with E-state index in [1.807, 2.05) is 42.6 Å². The minimum atomic E-state index is -0.698. The number of nitrogens with one attached hydrogen (secondary N) is 2. The Hall–Kier alpha value is -2.51. The lowest BCUT2D eigenvalue weighted by atomic mass is 10.0. The highest BCUT2D eigenvalue weighted by atomic mass is 35.5. The van der Waals surface area contributed by atoms with Crippen molar-refractivity contribution in [2.45, 2.75) is 26.3 Å². The van der Waals surface area contributed by atoms with Gasteiger partial charge in [0.15, 0.2) is 0 Å². The van der Waals surface area contributed by atoms with Crippen LogP contribution in [0.2, 0.25) is 5.02 Å². The van der Waals surface area contributed by atoms with Crippen LogP contribution in [0.15, 0.2) is 48.5 Å². The molecule has 1 aliphatic rings. The Morgan fingerprint density at radius 3 is 2.22 bits per heavy atom. The molecule has 1 heterocycles. The second-order valence-corrected chi connectivity index (χ2v) is 9.72. The van der Waals surface area contributed by atoms with Crippen LogP contribution in [0.1, 0.15) is 29.8 Å². The monoisotopic (exact) mass is 473 g/mol. The van der Waals surface area contributed by atoms with Gasteiger partial charge in [0.05, 0.1) is 6.42 Å². The van der Waals surface area contributed by atoms with Crippen LogP contribution >= 0.6 is 23.4 Å². The number of nitrogens with zero attached hydrogens (tertiary/aromatic N) is 1. The standard InChI is InChI=1S/C24H28ClN3O3S/c1-16(2)22(27-23(30)18-5-7-19(25)8-6-18)24(31)26-20-9-3-17(4-10-20)15-21(29)28-11-13-32-14-12-28/h3-10,16,22H,11-15H2,1-2H3,(H,26,31)(H,27,30). The highest BCUT2D eigenvalue weighted by Crippen LogP contribution is 2.16. The molecular weight excluding hydrogens is 446 g/mol. The van der Waals surface area contributed by atoms with Crippen molar-refractivity contribution in [3.63, 3.8) is 0 Å². The Bertz CT molecular complexity index is 942. The van der Waals surface area contributed by atoms with Crippen molar-refractivity contribution in [3.05, 3.63) is 64.7 Å². The number of anilines is 1. The number of halogens is 1. The molecule has 1 aliphatic heterocycles. The highest BCUT2D eigenvalue weighted by molar-refractivity contribution is 7.99. The summed E-state index contributed by atoms with van der Waals surface area (Å²) in [7, 11) is 0. The molecule has 0 radical (unpaired) electrons. The molecule has 1 unspecified atom stereocenters. The lowest BCUT2D eigenvalue weighted by Gasteiger charge is -2.26. The molecule has 1 fully saturated rings. The van der Waals surface area contributed by atoms with Gasteiger partial charge in [-0.3, -0.25) is 14.4 Å². The zero-order valence-electron chi connectivity index (χ0n) is 18.3. The minimum Gasteiger partial charge on any atom is -0.341 e. The van der Waals surface area contributed by atoms with Crippen LogP contribution in [-0.4, -0.2) is 53.3 Å². The fourth-order valence-corrected chi connectivity index (χ4v) is 4.41. The van der Waals surface area contributed by atoms with Crippen LogP contribution in [0.25, 0.3) is 0 Å². The van der Waals surface area contributed by atoms with E-state index in [0.717, 1.165) is 30.2 Å². The number of amides is 3. The molecule has 1 saturated heterocycles. The van der Waals surface area contributed by atoms with Crippen LogP contribution < -0.4 is 10.6 Å². The molecule has 3 rings (SSSR count). The zero-order valence-corrected chi connectivity index (χ0v) is 19.8. The number of rotatable bonds is 7. The number of carbonyl (C=O) groups is 3. The van der Waals surface area contributed by atoms with E-state index >= 15 is 0 Å². The molecule has 0 aromatic heterocycles. The highest BCUT2D eigenvalue weighted by Gasteiger charge is 2.25. The van der Waals surface area contributed by atoms with Crippen molar-refractivity contribution in [3.8, 4) is 0 Å². The van der Waals surface area contributed by atoms with Gasteiger partial charge in [0.25, 0.3) is 5.91 Å². The molecule has 1 atom stereocenters. The molecule has 0 spiro atoms. The normalized spacial score (nSPS) is 14.7. The SMILES string of the molecule is CC(C)C(NC(=O)c1ccc(Cl)cc1)C(=O)Nc1ccc(CC(=O)N2CCSCC2)cc1. The fourth-order valence-electron chi connectivity index (χ4n) is 3.39. The Kier molecular flexibility index (Phi) is 8.59. The maximum absolute atomic E-state index is 12.8. The molecule has 0 aliphatic carbocycles. The number of benzene rings is 2. The number of hydrogen-bond acceptors (Lipinski definition) is 4. The predicted octanol–water partition coefficient (Wildman–Crippen LogP) is 3.85. The lowest BCUT2D eigenvalue weighted by Crippen LogP contribution is -2.47. The first-order valence-electron chi connectivity index (χ1n) is 10.6. The Morgan fingerprint density at radius 2 is 1.62 bits per heavy atom. The molecule has 2 N–H and O–H groups in total. The van der Waals surface area contributed by atoms with E-state index in [1.165, 1.54) is 0 Å². The first-order valence-corrected chi connectivity index (χ1v) is 12.2. The van der Waals surface area contributed by atoms with Crippen molar-refractivity contribution in [2.75, 3.05) is 29.9 Å². The summed E-state index contributed by atoms with van der Waals surface area (Å²) in [6, 6.07) is 13.1. The van der Waals surface area contributed by atoms with Gasteiger partial charge in [-0.1, -0.05) is 37.6 Å². The van der Waals surface area contributed by atoms with Gasteiger partial charge in [-0.15, -0.1) is 0 Å². The zero-order chi connectivity index (χ0) is 23.1. The summed E-state index contributed by atoms with van der Waals surface area (Å²) in [6.07, 6.45) is 0.352. The van der Waals surface area contributed by atoms with E-state index in [9.17, 15) is 14.4 Å². The molecular formula is C24H28ClN3O3S. The van der Waals surface area contributed by atoms with E-state index in [4.69, 9.17) is 11.6 Å². The molecule has 8 heteroatoms. The van der Waals surface area contributed by atoms with Gasteiger partial charge in [0.1, 0.15) is 6.04 Å². The Labute approximate surface area is 198 Å². The first kappa shape index (κ1) is 24.1. The van der Waals surface area contributed by atoms with E-state index in [1.54, 1.807) is 36.4 Å². The largest absolute Gasteiger partial charge is 0.341 e. The molecule has 2 aromatic carbocycles. The first-order chi connectivity index (χ1) is 15.3. The van der Waals surface area contributed by atoms with Gasteiger partial charge in [-0.05, 0) is 47.9 Å². The summed E-state index contributed by atoms with van der Waals surface area (Å²) in [5.74, 6) is 1.38. The van der Waals surface area contributed by atoms with Crippen LogP contribution in [0.5, 0.6) is 0 Å². The molecule has 3 amide bonds. The van der Waals surface area contributed by atoms with Crippen molar-refractivity contribution >= 4 is 46.8 Å². The van der Waals surface area contributed by atoms with Crippen LogP contribution in [0.4, 0.5) is 5.69 Å².